The van der Waals surface area contributed by atoms with Gasteiger partial charge in [-0.15, -0.1) is 10.2 Å². The average molecular weight is 315 g/mol. The van der Waals surface area contributed by atoms with Crippen molar-refractivity contribution in [3.8, 4) is 6.07 Å². The lowest BCUT2D eigenvalue weighted by molar-refractivity contribution is -0.116. The summed E-state index contributed by atoms with van der Waals surface area (Å²) in [5.74, 6) is 1.01. The Bertz CT molecular complexity index is 677. The number of nitrogens with zero attached hydrogens (tertiary/aromatic N) is 5. The molecule has 0 radical (unpaired) electrons. The minimum atomic E-state index is -0.0490. The van der Waals surface area contributed by atoms with Crippen molar-refractivity contribution in [3.05, 3.63) is 36.2 Å². The largest absolute Gasteiger partial charge is 0.311 e. The van der Waals surface area contributed by atoms with E-state index in [9.17, 15) is 4.79 Å². The number of carbonyl (C=O) groups is 1. The molecule has 1 aromatic heterocycles. The lowest BCUT2D eigenvalue weighted by atomic mass is 10.2. The molecule has 22 heavy (non-hydrogen) atoms. The Labute approximate surface area is 133 Å². The van der Waals surface area contributed by atoms with Crippen molar-refractivity contribution in [1.82, 2.24) is 14.8 Å². The van der Waals surface area contributed by atoms with Gasteiger partial charge in [-0.25, -0.2) is 0 Å². The number of aryl methyl sites for hydroxylation is 1. The van der Waals surface area contributed by atoms with Gasteiger partial charge in [-0.2, -0.15) is 5.26 Å². The fourth-order valence-corrected chi connectivity index (χ4v) is 2.72. The highest BCUT2D eigenvalue weighted by Crippen LogP contribution is 2.19. The van der Waals surface area contributed by atoms with Crippen LogP contribution in [-0.2, 0) is 11.8 Å². The van der Waals surface area contributed by atoms with Crippen molar-refractivity contribution in [3.63, 3.8) is 0 Å². The highest BCUT2D eigenvalue weighted by Gasteiger charge is 2.17. The maximum absolute atomic E-state index is 12.5. The molecule has 1 amide bonds. The maximum atomic E-state index is 12.5. The Kier molecular flexibility index (Phi) is 5.55. The van der Waals surface area contributed by atoms with Crippen LogP contribution in [0.1, 0.15) is 12.2 Å². The number of amides is 1. The monoisotopic (exact) mass is 315 g/mol. The van der Waals surface area contributed by atoms with Gasteiger partial charge in [0.2, 0.25) is 5.91 Å². The van der Waals surface area contributed by atoms with Crippen molar-refractivity contribution >= 4 is 23.4 Å². The first-order chi connectivity index (χ1) is 10.6. The molecule has 0 aliphatic heterocycles. The van der Waals surface area contributed by atoms with Gasteiger partial charge in [0.25, 0.3) is 0 Å². The fraction of sp³-hybridized carbons (Fsp3) is 0.333. The highest BCUT2D eigenvalue weighted by molar-refractivity contribution is 7.99. The molecular weight excluding hydrogens is 298 g/mol. The summed E-state index contributed by atoms with van der Waals surface area (Å²) >= 11 is 1.35. The molecule has 0 spiro atoms. The molecule has 0 N–H and O–H groups in total. The SMILES string of the molecule is Cc1nnc(SCC(=O)N(CCC#N)c2ccccc2)n1C. The number of hydrogen-bond acceptors (Lipinski definition) is 5. The van der Waals surface area contributed by atoms with Crippen LogP contribution in [0.2, 0.25) is 0 Å². The second kappa shape index (κ2) is 7.61. The summed E-state index contributed by atoms with van der Waals surface area (Å²) in [6.45, 7) is 2.25. The van der Waals surface area contributed by atoms with Crippen molar-refractivity contribution < 1.29 is 4.79 Å². The number of para-hydroxylation sites is 1. The normalized spacial score (nSPS) is 10.2. The van der Waals surface area contributed by atoms with E-state index < -0.39 is 0 Å². The molecule has 2 aromatic rings. The molecule has 114 valence electrons. The number of anilines is 1. The van der Waals surface area contributed by atoms with Gasteiger partial charge in [-0.3, -0.25) is 4.79 Å². The van der Waals surface area contributed by atoms with Gasteiger partial charge >= 0.3 is 0 Å². The van der Waals surface area contributed by atoms with Crippen molar-refractivity contribution in [1.29, 1.82) is 5.26 Å². The number of carbonyl (C=O) groups excluding carboxylic acids is 1. The second-order valence-electron chi connectivity index (χ2n) is 4.67. The van der Waals surface area contributed by atoms with Gasteiger partial charge in [0.05, 0.1) is 18.2 Å². The number of nitriles is 1. The Morgan fingerprint density at radius 3 is 2.68 bits per heavy atom. The van der Waals surface area contributed by atoms with Gasteiger partial charge in [0, 0.05) is 19.3 Å². The van der Waals surface area contributed by atoms with Gasteiger partial charge in [0.1, 0.15) is 5.82 Å². The quantitative estimate of drug-likeness (QED) is 0.764. The first-order valence-corrected chi connectivity index (χ1v) is 7.83. The summed E-state index contributed by atoms with van der Waals surface area (Å²) in [5.41, 5.74) is 0.803. The summed E-state index contributed by atoms with van der Waals surface area (Å²) in [7, 11) is 1.87. The van der Waals surface area contributed by atoms with E-state index in [2.05, 4.69) is 16.3 Å². The van der Waals surface area contributed by atoms with E-state index in [4.69, 9.17) is 5.26 Å². The van der Waals surface area contributed by atoms with Crippen LogP contribution < -0.4 is 4.90 Å². The summed E-state index contributed by atoms with van der Waals surface area (Å²) in [6.07, 6.45) is 0.300. The first kappa shape index (κ1) is 16.0. The Hall–Kier alpha value is -2.33. The molecule has 1 heterocycles. The predicted octanol–water partition coefficient (Wildman–Crippen LogP) is 2.16. The van der Waals surface area contributed by atoms with Crippen LogP contribution in [0.3, 0.4) is 0 Å². The fourth-order valence-electron chi connectivity index (χ4n) is 1.89. The molecule has 0 saturated heterocycles. The molecule has 0 bridgehead atoms. The third-order valence-corrected chi connectivity index (χ3v) is 4.20. The zero-order chi connectivity index (χ0) is 15.9. The summed E-state index contributed by atoms with van der Waals surface area (Å²) in [5, 5.41) is 17.5. The van der Waals surface area contributed by atoms with E-state index in [0.717, 1.165) is 11.5 Å². The van der Waals surface area contributed by atoms with Crippen LogP contribution in [0.15, 0.2) is 35.5 Å². The van der Waals surface area contributed by atoms with Crippen LogP contribution in [0.4, 0.5) is 5.69 Å². The van der Waals surface area contributed by atoms with E-state index in [1.807, 2.05) is 48.9 Å². The highest BCUT2D eigenvalue weighted by atomic mass is 32.2. The van der Waals surface area contributed by atoms with Crippen LogP contribution in [0.25, 0.3) is 0 Å². The van der Waals surface area contributed by atoms with E-state index in [-0.39, 0.29) is 11.7 Å². The lowest BCUT2D eigenvalue weighted by Gasteiger charge is -2.21. The van der Waals surface area contributed by atoms with Crippen LogP contribution in [-0.4, -0.2) is 33.0 Å². The number of benzene rings is 1. The number of hydrogen-bond donors (Lipinski definition) is 0. The van der Waals surface area contributed by atoms with Crippen molar-refractivity contribution in [2.45, 2.75) is 18.5 Å². The van der Waals surface area contributed by atoms with Gasteiger partial charge < -0.3 is 9.47 Å². The molecular formula is C15H17N5OS. The molecule has 0 fully saturated rings. The van der Waals surface area contributed by atoms with Crippen molar-refractivity contribution in [2.75, 3.05) is 17.2 Å². The van der Waals surface area contributed by atoms with Gasteiger partial charge in [0.15, 0.2) is 5.16 Å². The Morgan fingerprint density at radius 1 is 1.36 bits per heavy atom. The second-order valence-corrected chi connectivity index (χ2v) is 5.61. The molecule has 2 rings (SSSR count). The van der Waals surface area contributed by atoms with E-state index in [1.165, 1.54) is 11.8 Å². The van der Waals surface area contributed by atoms with Crippen LogP contribution in [0.5, 0.6) is 0 Å². The van der Waals surface area contributed by atoms with E-state index in [1.54, 1.807) is 4.90 Å². The van der Waals surface area contributed by atoms with E-state index >= 15 is 0 Å². The zero-order valence-electron chi connectivity index (χ0n) is 12.6. The summed E-state index contributed by atoms with van der Waals surface area (Å²) in [6, 6.07) is 11.5. The van der Waals surface area contributed by atoms with Crippen LogP contribution >= 0.6 is 11.8 Å². The molecule has 0 saturated carbocycles. The number of rotatable bonds is 6. The minimum absolute atomic E-state index is 0.0490. The molecule has 6 nitrogen and oxygen atoms in total. The standard InChI is InChI=1S/C15H17N5OS/c1-12-17-18-15(19(12)2)22-11-14(21)20(10-6-9-16)13-7-4-3-5-8-13/h3-5,7-8H,6,10-11H2,1-2H3. The summed E-state index contributed by atoms with van der Waals surface area (Å²) in [4.78, 5) is 14.1. The van der Waals surface area contributed by atoms with Crippen LogP contribution in [0, 0.1) is 18.3 Å². The smallest absolute Gasteiger partial charge is 0.237 e. The molecule has 0 aliphatic carbocycles. The predicted molar refractivity (Wildman–Crippen MR) is 85.5 cm³/mol. The third kappa shape index (κ3) is 3.86. The van der Waals surface area contributed by atoms with Gasteiger partial charge in [-0.1, -0.05) is 30.0 Å². The van der Waals surface area contributed by atoms with Gasteiger partial charge in [-0.05, 0) is 19.1 Å². The average Bonchev–Trinajstić information content (AvgIpc) is 2.86. The Balaban J connectivity index is 2.06. The number of aromatic nitrogens is 3. The molecule has 1 aromatic carbocycles. The minimum Gasteiger partial charge on any atom is -0.311 e. The lowest BCUT2D eigenvalue weighted by Crippen LogP contribution is -2.33. The first-order valence-electron chi connectivity index (χ1n) is 6.84. The maximum Gasteiger partial charge on any atom is 0.237 e. The number of thioether (sulfide) groups is 1. The Morgan fingerprint density at radius 2 is 2.09 bits per heavy atom. The molecule has 7 heteroatoms. The topological polar surface area (TPSA) is 74.8 Å². The molecule has 0 aliphatic rings. The molecule has 0 atom stereocenters. The van der Waals surface area contributed by atoms with Crippen molar-refractivity contribution in [2.24, 2.45) is 7.05 Å². The molecule has 0 unspecified atom stereocenters. The summed E-state index contributed by atoms with van der Waals surface area (Å²) < 4.78 is 1.85. The van der Waals surface area contributed by atoms with E-state index in [0.29, 0.717) is 18.1 Å². The zero-order valence-corrected chi connectivity index (χ0v) is 13.4. The third-order valence-electron chi connectivity index (χ3n) is 3.19.